The number of ether oxygens (including phenoxy) is 1. The lowest BCUT2D eigenvalue weighted by Gasteiger charge is -2.45. The summed E-state index contributed by atoms with van der Waals surface area (Å²) in [5.41, 5.74) is 1.11. The molecule has 0 radical (unpaired) electrons. The second kappa shape index (κ2) is 9.66. The number of hydrogen-bond acceptors (Lipinski definition) is 6. The Kier molecular flexibility index (Phi) is 7.19. The maximum Gasteiger partial charge on any atom is 0.124 e. The Bertz CT molecular complexity index is 579. The Hall–Kier alpha value is -0.640. The van der Waals surface area contributed by atoms with Crippen LogP contribution in [0.4, 0.5) is 8.78 Å². The van der Waals surface area contributed by atoms with Gasteiger partial charge in [-0.25, -0.2) is 8.78 Å². The van der Waals surface area contributed by atoms with Gasteiger partial charge >= 0.3 is 0 Å². The first-order valence-electron chi connectivity index (χ1n) is 11.3. The van der Waals surface area contributed by atoms with Gasteiger partial charge in [0.05, 0.1) is 12.3 Å². The average molecular weight is 414 g/mol. The summed E-state index contributed by atoms with van der Waals surface area (Å²) in [5, 5.41) is 17.0. The summed E-state index contributed by atoms with van der Waals surface area (Å²) in [6.07, 6.45) is 5.32. The van der Waals surface area contributed by atoms with Crippen molar-refractivity contribution < 1.29 is 13.5 Å². The third-order valence-electron chi connectivity index (χ3n) is 7.21. The SMILES string of the molecule is CNC1CC(C)NC(NC2CC3CCOC3C(C3=CCN[C@H](CF)CC3)C2F)N1. The minimum atomic E-state index is -1.02. The first-order valence-corrected chi connectivity index (χ1v) is 11.3. The van der Waals surface area contributed by atoms with Crippen molar-refractivity contribution in [2.45, 2.75) is 81.9 Å². The van der Waals surface area contributed by atoms with Crippen LogP contribution in [0.2, 0.25) is 0 Å². The molecule has 0 amide bonds. The molecular formula is C21H37F2N5O. The van der Waals surface area contributed by atoms with E-state index in [4.69, 9.17) is 4.74 Å². The molecule has 0 spiro atoms. The van der Waals surface area contributed by atoms with Gasteiger partial charge in [0, 0.05) is 37.2 Å². The van der Waals surface area contributed by atoms with Crippen LogP contribution in [0.3, 0.4) is 0 Å². The van der Waals surface area contributed by atoms with Crippen LogP contribution in [0.25, 0.3) is 0 Å². The van der Waals surface area contributed by atoms with Gasteiger partial charge < -0.3 is 15.4 Å². The molecule has 3 fully saturated rings. The molecule has 5 N–H and O–H groups in total. The zero-order valence-corrected chi connectivity index (χ0v) is 17.6. The van der Waals surface area contributed by atoms with E-state index in [1.807, 2.05) is 7.05 Å². The monoisotopic (exact) mass is 413 g/mol. The zero-order chi connectivity index (χ0) is 20.4. The van der Waals surface area contributed by atoms with E-state index in [0.29, 0.717) is 31.5 Å². The van der Waals surface area contributed by atoms with E-state index >= 15 is 4.39 Å². The standard InChI is InChI=1S/C21H37F2N5O/c1-12-9-17(24-2)28-21(26-12)27-16-10-14-6-8-29-20(14)18(19(16)23)13-3-4-15(11-22)25-7-5-13/h5,12,14-21,24-28H,3-4,6-11H2,1-2H3/t12?,14?,15-,16?,17?,18?,19?,20?,21?/m0/s1. The highest BCUT2D eigenvalue weighted by molar-refractivity contribution is 5.19. The molecule has 4 rings (SSSR count). The molecule has 3 heterocycles. The molecule has 0 aromatic carbocycles. The van der Waals surface area contributed by atoms with Crippen molar-refractivity contribution in [2.75, 3.05) is 26.9 Å². The summed E-state index contributed by atoms with van der Waals surface area (Å²) >= 11 is 0. The van der Waals surface area contributed by atoms with Gasteiger partial charge in [0.2, 0.25) is 0 Å². The maximum absolute atomic E-state index is 15.9. The smallest absolute Gasteiger partial charge is 0.124 e. The number of nitrogens with one attached hydrogen (secondary N) is 5. The Labute approximate surface area is 173 Å². The molecule has 0 aromatic heterocycles. The molecule has 8 heteroatoms. The Morgan fingerprint density at radius 3 is 2.90 bits per heavy atom. The van der Waals surface area contributed by atoms with Gasteiger partial charge in [0.1, 0.15) is 19.1 Å². The second-order valence-corrected chi connectivity index (χ2v) is 9.18. The van der Waals surface area contributed by atoms with Crippen LogP contribution in [0.5, 0.6) is 0 Å². The number of halogens is 2. The molecule has 166 valence electrons. The molecule has 6 nitrogen and oxygen atoms in total. The molecule has 1 saturated carbocycles. The topological polar surface area (TPSA) is 69.4 Å². The summed E-state index contributed by atoms with van der Waals surface area (Å²) in [6.45, 7) is 3.10. The Morgan fingerprint density at radius 2 is 2.10 bits per heavy atom. The van der Waals surface area contributed by atoms with Crippen LogP contribution in [-0.4, -0.2) is 69.7 Å². The second-order valence-electron chi connectivity index (χ2n) is 9.18. The lowest BCUT2D eigenvalue weighted by molar-refractivity contribution is -0.0263. The fourth-order valence-electron chi connectivity index (χ4n) is 5.64. The van der Waals surface area contributed by atoms with Gasteiger partial charge in [-0.05, 0) is 52.0 Å². The van der Waals surface area contributed by atoms with Crippen molar-refractivity contribution >= 4 is 0 Å². The molecule has 0 aromatic rings. The Morgan fingerprint density at radius 1 is 1.24 bits per heavy atom. The fraction of sp³-hybridized carbons (Fsp3) is 0.905. The molecule has 1 aliphatic carbocycles. The zero-order valence-electron chi connectivity index (χ0n) is 17.6. The van der Waals surface area contributed by atoms with Gasteiger partial charge in [-0.15, -0.1) is 0 Å². The van der Waals surface area contributed by atoms with Gasteiger partial charge in [-0.1, -0.05) is 11.6 Å². The van der Waals surface area contributed by atoms with E-state index in [2.05, 4.69) is 39.6 Å². The number of alkyl halides is 2. The molecule has 2 saturated heterocycles. The quantitative estimate of drug-likeness (QED) is 0.436. The molecule has 9 atom stereocenters. The van der Waals surface area contributed by atoms with Crippen LogP contribution in [0.15, 0.2) is 11.6 Å². The molecule has 0 bridgehead atoms. The summed E-state index contributed by atoms with van der Waals surface area (Å²) in [6, 6.07) is -0.0143. The van der Waals surface area contributed by atoms with Crippen LogP contribution < -0.4 is 26.6 Å². The van der Waals surface area contributed by atoms with E-state index in [-0.39, 0.29) is 43.2 Å². The predicted molar refractivity (Wildman–Crippen MR) is 110 cm³/mol. The van der Waals surface area contributed by atoms with Crippen LogP contribution in [-0.2, 0) is 4.74 Å². The van der Waals surface area contributed by atoms with E-state index < -0.39 is 6.17 Å². The van der Waals surface area contributed by atoms with Crippen molar-refractivity contribution in [1.82, 2.24) is 26.6 Å². The first-order chi connectivity index (χ1) is 14.1. The van der Waals surface area contributed by atoms with E-state index in [1.165, 1.54) is 0 Å². The van der Waals surface area contributed by atoms with Crippen LogP contribution in [0, 0.1) is 11.8 Å². The van der Waals surface area contributed by atoms with E-state index in [9.17, 15) is 4.39 Å². The van der Waals surface area contributed by atoms with E-state index in [1.54, 1.807) is 0 Å². The van der Waals surface area contributed by atoms with Crippen molar-refractivity contribution in [3.05, 3.63) is 11.6 Å². The lowest BCUT2D eigenvalue weighted by atomic mass is 9.70. The van der Waals surface area contributed by atoms with Crippen molar-refractivity contribution in [3.63, 3.8) is 0 Å². The summed E-state index contributed by atoms with van der Waals surface area (Å²) < 4.78 is 35.1. The third-order valence-corrected chi connectivity index (χ3v) is 7.21. The maximum atomic E-state index is 15.9. The minimum Gasteiger partial charge on any atom is -0.377 e. The number of rotatable bonds is 5. The summed E-state index contributed by atoms with van der Waals surface area (Å²) in [4.78, 5) is 0. The molecule has 3 aliphatic heterocycles. The van der Waals surface area contributed by atoms with Gasteiger partial charge in [-0.2, -0.15) is 0 Å². The molecule has 8 unspecified atom stereocenters. The summed E-state index contributed by atoms with van der Waals surface area (Å²) in [5.74, 6) is 0.134. The Balaban J connectivity index is 1.47. The highest BCUT2D eigenvalue weighted by atomic mass is 19.1. The van der Waals surface area contributed by atoms with Crippen molar-refractivity contribution in [3.8, 4) is 0 Å². The normalized spacial score (nSPS) is 46.1. The third kappa shape index (κ3) is 4.83. The fourth-order valence-corrected chi connectivity index (χ4v) is 5.64. The largest absolute Gasteiger partial charge is 0.377 e. The molecule has 4 aliphatic rings. The average Bonchev–Trinajstić information content (AvgIpc) is 3.04. The van der Waals surface area contributed by atoms with Crippen LogP contribution in [0.1, 0.15) is 39.0 Å². The number of fused-ring (bicyclic) bond motifs is 1. The van der Waals surface area contributed by atoms with Gasteiger partial charge in [0.25, 0.3) is 0 Å². The highest BCUT2D eigenvalue weighted by Crippen LogP contribution is 2.44. The van der Waals surface area contributed by atoms with E-state index in [0.717, 1.165) is 31.3 Å². The molecule has 29 heavy (non-hydrogen) atoms. The minimum absolute atomic E-state index is 0.0486. The molecular weight excluding hydrogens is 376 g/mol. The van der Waals surface area contributed by atoms with Crippen LogP contribution >= 0.6 is 0 Å². The lowest BCUT2D eigenvalue weighted by Crippen LogP contribution is -2.69. The summed E-state index contributed by atoms with van der Waals surface area (Å²) in [7, 11) is 1.94. The van der Waals surface area contributed by atoms with Crippen molar-refractivity contribution in [1.29, 1.82) is 0 Å². The van der Waals surface area contributed by atoms with Gasteiger partial charge in [-0.3, -0.25) is 16.0 Å². The number of hydrogen-bond donors (Lipinski definition) is 5. The van der Waals surface area contributed by atoms with Crippen molar-refractivity contribution in [2.24, 2.45) is 11.8 Å². The first kappa shape index (κ1) is 21.6. The predicted octanol–water partition coefficient (Wildman–Crippen LogP) is 1.16. The van der Waals surface area contributed by atoms with Gasteiger partial charge in [0.15, 0.2) is 0 Å². The highest BCUT2D eigenvalue weighted by Gasteiger charge is 2.49.